The first-order valence-electron chi connectivity index (χ1n) is 6.35. The Kier molecular flexibility index (Phi) is 4.34. The summed E-state index contributed by atoms with van der Waals surface area (Å²) in [4.78, 5) is 10.5. The van der Waals surface area contributed by atoms with Crippen molar-refractivity contribution in [3.63, 3.8) is 0 Å². The zero-order chi connectivity index (χ0) is 13.8. The molecule has 2 rings (SSSR count). The number of hydrogen-bond acceptors (Lipinski definition) is 5. The van der Waals surface area contributed by atoms with Crippen LogP contribution in [0.3, 0.4) is 0 Å². The molecule has 0 amide bonds. The van der Waals surface area contributed by atoms with Gasteiger partial charge in [0.15, 0.2) is 5.75 Å². The molecule has 2 N–H and O–H groups in total. The van der Waals surface area contributed by atoms with E-state index >= 15 is 0 Å². The summed E-state index contributed by atoms with van der Waals surface area (Å²) in [6, 6.07) is 4.69. The van der Waals surface area contributed by atoms with Gasteiger partial charge in [-0.3, -0.25) is 10.1 Å². The smallest absolute Gasteiger partial charge is 0.310 e. The molecule has 104 valence electrons. The first kappa shape index (κ1) is 13.8. The van der Waals surface area contributed by atoms with E-state index in [1.807, 2.05) is 6.92 Å². The molecule has 2 atom stereocenters. The molecule has 0 aromatic heterocycles. The highest BCUT2D eigenvalue weighted by Gasteiger charge is 2.24. The highest BCUT2D eigenvalue weighted by atomic mass is 16.6. The molecular formula is C13H18N2O4. The van der Waals surface area contributed by atoms with Crippen LogP contribution in [-0.4, -0.2) is 23.7 Å². The van der Waals surface area contributed by atoms with E-state index < -0.39 is 4.92 Å². The Bertz CT molecular complexity index is 464. The minimum atomic E-state index is -0.451. The number of ether oxygens (including phenoxy) is 2. The molecular weight excluding hydrogens is 248 g/mol. The summed E-state index contributed by atoms with van der Waals surface area (Å²) < 4.78 is 11.2. The second-order valence-electron chi connectivity index (χ2n) is 4.72. The van der Waals surface area contributed by atoms with Gasteiger partial charge in [-0.2, -0.15) is 0 Å². The molecule has 1 heterocycles. The van der Waals surface area contributed by atoms with Gasteiger partial charge in [-0.1, -0.05) is 6.07 Å². The molecule has 0 saturated carbocycles. The first-order chi connectivity index (χ1) is 9.10. The minimum Gasteiger partial charge on any atom is -0.484 e. The molecule has 19 heavy (non-hydrogen) atoms. The number of hydrogen-bond donors (Lipinski definition) is 1. The fraction of sp³-hybridized carbons (Fsp3) is 0.538. The number of rotatable bonds is 5. The standard InChI is InChI=1S/C13H18N2O4/c1-9-2-4-11(19-9)8-18-13-6-10(7-14)3-5-12(13)15(16)17/h3,5-6,9,11H,2,4,7-8,14H2,1H3. The molecule has 1 aromatic rings. The molecule has 1 fully saturated rings. The third-order valence-electron chi connectivity index (χ3n) is 3.20. The van der Waals surface area contributed by atoms with Crippen molar-refractivity contribution in [1.29, 1.82) is 0 Å². The van der Waals surface area contributed by atoms with E-state index in [0.29, 0.717) is 13.2 Å². The van der Waals surface area contributed by atoms with E-state index in [4.69, 9.17) is 15.2 Å². The van der Waals surface area contributed by atoms with Crippen LogP contribution in [0.4, 0.5) is 5.69 Å². The van der Waals surface area contributed by atoms with Crippen LogP contribution in [0.15, 0.2) is 18.2 Å². The van der Waals surface area contributed by atoms with Crippen LogP contribution in [0, 0.1) is 10.1 Å². The fourth-order valence-electron chi connectivity index (χ4n) is 2.14. The summed E-state index contributed by atoms with van der Waals surface area (Å²) in [6.45, 7) is 2.67. The summed E-state index contributed by atoms with van der Waals surface area (Å²) in [5.41, 5.74) is 6.30. The fourth-order valence-corrected chi connectivity index (χ4v) is 2.14. The maximum Gasteiger partial charge on any atom is 0.310 e. The molecule has 0 bridgehead atoms. The van der Waals surface area contributed by atoms with Gasteiger partial charge in [0.1, 0.15) is 6.61 Å². The summed E-state index contributed by atoms with van der Waals surface area (Å²) >= 11 is 0. The topological polar surface area (TPSA) is 87.6 Å². The second kappa shape index (κ2) is 5.99. The van der Waals surface area contributed by atoms with Crippen molar-refractivity contribution in [3.05, 3.63) is 33.9 Å². The highest BCUT2D eigenvalue weighted by Crippen LogP contribution is 2.29. The number of nitro groups is 1. The van der Waals surface area contributed by atoms with E-state index in [0.717, 1.165) is 18.4 Å². The van der Waals surface area contributed by atoms with Crippen LogP contribution in [0.1, 0.15) is 25.3 Å². The Morgan fingerprint density at radius 2 is 2.32 bits per heavy atom. The Hall–Kier alpha value is -1.66. The Morgan fingerprint density at radius 1 is 1.53 bits per heavy atom. The largest absolute Gasteiger partial charge is 0.484 e. The molecule has 1 aromatic carbocycles. The van der Waals surface area contributed by atoms with Crippen LogP contribution >= 0.6 is 0 Å². The quantitative estimate of drug-likeness (QED) is 0.650. The summed E-state index contributed by atoms with van der Waals surface area (Å²) in [7, 11) is 0. The predicted molar refractivity (Wildman–Crippen MR) is 70.1 cm³/mol. The lowest BCUT2D eigenvalue weighted by Gasteiger charge is -2.13. The average Bonchev–Trinajstić information content (AvgIpc) is 2.81. The molecule has 2 unspecified atom stereocenters. The van der Waals surface area contributed by atoms with Crippen LogP contribution in [0.25, 0.3) is 0 Å². The Morgan fingerprint density at radius 3 is 2.89 bits per heavy atom. The molecule has 0 spiro atoms. The maximum absolute atomic E-state index is 10.9. The van der Waals surface area contributed by atoms with Gasteiger partial charge in [-0.15, -0.1) is 0 Å². The van der Waals surface area contributed by atoms with E-state index in [-0.39, 0.29) is 23.6 Å². The van der Waals surface area contributed by atoms with Crippen molar-refractivity contribution in [3.8, 4) is 5.75 Å². The van der Waals surface area contributed by atoms with Crippen LogP contribution < -0.4 is 10.5 Å². The predicted octanol–water partition coefficient (Wildman–Crippen LogP) is 2.00. The number of nitrogens with two attached hydrogens (primary N) is 1. The first-order valence-corrected chi connectivity index (χ1v) is 6.35. The van der Waals surface area contributed by atoms with Crippen molar-refractivity contribution in [2.24, 2.45) is 5.73 Å². The third kappa shape index (κ3) is 3.42. The zero-order valence-electron chi connectivity index (χ0n) is 10.9. The normalized spacial score (nSPS) is 22.4. The highest BCUT2D eigenvalue weighted by molar-refractivity contribution is 5.48. The van der Waals surface area contributed by atoms with Gasteiger partial charge in [0.05, 0.1) is 17.1 Å². The van der Waals surface area contributed by atoms with Crippen molar-refractivity contribution in [2.45, 2.75) is 38.5 Å². The van der Waals surface area contributed by atoms with Gasteiger partial charge in [0.2, 0.25) is 0 Å². The van der Waals surface area contributed by atoms with Crippen LogP contribution in [0.5, 0.6) is 5.75 Å². The maximum atomic E-state index is 10.9. The van der Waals surface area contributed by atoms with Crippen molar-refractivity contribution < 1.29 is 14.4 Å². The Balaban J connectivity index is 2.06. The summed E-state index contributed by atoms with van der Waals surface area (Å²) in [5.74, 6) is 0.260. The van der Waals surface area contributed by atoms with E-state index in [1.165, 1.54) is 6.07 Å². The molecule has 0 radical (unpaired) electrons. The monoisotopic (exact) mass is 266 g/mol. The molecule has 1 aliphatic heterocycles. The third-order valence-corrected chi connectivity index (χ3v) is 3.20. The Labute approximate surface area is 111 Å². The molecule has 6 heteroatoms. The zero-order valence-corrected chi connectivity index (χ0v) is 10.9. The van der Waals surface area contributed by atoms with Gasteiger partial charge in [-0.05, 0) is 31.4 Å². The van der Waals surface area contributed by atoms with Crippen molar-refractivity contribution >= 4 is 5.69 Å². The van der Waals surface area contributed by atoms with Crippen LogP contribution in [-0.2, 0) is 11.3 Å². The van der Waals surface area contributed by atoms with E-state index in [2.05, 4.69) is 0 Å². The molecule has 1 aliphatic rings. The minimum absolute atomic E-state index is 0.0103. The van der Waals surface area contributed by atoms with Gasteiger partial charge >= 0.3 is 5.69 Å². The van der Waals surface area contributed by atoms with Crippen LogP contribution in [0.2, 0.25) is 0 Å². The molecule has 1 saturated heterocycles. The van der Waals surface area contributed by atoms with E-state index in [1.54, 1.807) is 12.1 Å². The molecule has 6 nitrogen and oxygen atoms in total. The lowest BCUT2D eigenvalue weighted by molar-refractivity contribution is -0.385. The lowest BCUT2D eigenvalue weighted by atomic mass is 10.2. The van der Waals surface area contributed by atoms with Crippen molar-refractivity contribution in [2.75, 3.05) is 6.61 Å². The number of nitro benzene ring substituents is 1. The van der Waals surface area contributed by atoms with Gasteiger partial charge in [0.25, 0.3) is 0 Å². The average molecular weight is 266 g/mol. The van der Waals surface area contributed by atoms with Gasteiger partial charge in [0, 0.05) is 12.6 Å². The van der Waals surface area contributed by atoms with Crippen molar-refractivity contribution in [1.82, 2.24) is 0 Å². The van der Waals surface area contributed by atoms with Gasteiger partial charge in [-0.25, -0.2) is 0 Å². The SMILES string of the molecule is CC1CCC(COc2cc(CN)ccc2[N+](=O)[O-])O1. The second-order valence-corrected chi connectivity index (χ2v) is 4.72. The lowest BCUT2D eigenvalue weighted by Crippen LogP contribution is -2.18. The summed E-state index contributed by atoms with van der Waals surface area (Å²) in [5, 5.41) is 10.9. The van der Waals surface area contributed by atoms with Gasteiger partial charge < -0.3 is 15.2 Å². The van der Waals surface area contributed by atoms with E-state index in [9.17, 15) is 10.1 Å². The summed E-state index contributed by atoms with van der Waals surface area (Å²) in [6.07, 6.45) is 2.17. The molecule has 0 aliphatic carbocycles. The number of nitrogens with zero attached hydrogens (tertiary/aromatic N) is 1. The number of benzene rings is 1.